The molecule has 1 aromatic heterocycles. The molecule has 0 spiro atoms. The van der Waals surface area contributed by atoms with Crippen LogP contribution in [-0.4, -0.2) is 29.9 Å². The third kappa shape index (κ3) is 4.07. The van der Waals surface area contributed by atoms with Crippen LogP contribution in [0.1, 0.15) is 0 Å². The first-order valence-corrected chi connectivity index (χ1v) is 7.69. The van der Waals surface area contributed by atoms with Gasteiger partial charge in [-0.3, -0.25) is 4.79 Å². The van der Waals surface area contributed by atoms with E-state index in [0.29, 0.717) is 27.8 Å². The molecule has 0 aliphatic rings. The number of halogens is 1. The molecule has 0 fully saturated rings. The predicted molar refractivity (Wildman–Crippen MR) is 91.9 cm³/mol. The molecule has 1 N–H and O–H groups in total. The standard InChI is InChI=1S/C17H14ClN3O4/c1-23-13-4-2-3-5-14(13)24-10-15(22)19-17-16(20-25-21-17)11-6-8-12(18)9-7-11/h2-9H,10H2,1H3,(H,19,21,22). The number of para-hydroxylation sites is 2. The molecular weight excluding hydrogens is 346 g/mol. The number of amides is 1. The first-order chi connectivity index (χ1) is 12.2. The molecule has 3 aromatic rings. The molecule has 0 aliphatic heterocycles. The van der Waals surface area contributed by atoms with Gasteiger partial charge in [0, 0.05) is 10.6 Å². The molecule has 0 bridgehead atoms. The van der Waals surface area contributed by atoms with Crippen LogP contribution in [0, 0.1) is 0 Å². The molecule has 0 unspecified atom stereocenters. The second-order valence-corrected chi connectivity index (χ2v) is 5.39. The molecule has 128 valence electrons. The zero-order valence-electron chi connectivity index (χ0n) is 13.2. The fraction of sp³-hybridized carbons (Fsp3) is 0.118. The zero-order valence-corrected chi connectivity index (χ0v) is 14.0. The summed E-state index contributed by atoms with van der Waals surface area (Å²) in [6.45, 7) is -0.215. The average molecular weight is 360 g/mol. The number of rotatable bonds is 6. The quantitative estimate of drug-likeness (QED) is 0.725. The minimum absolute atomic E-state index is 0.205. The van der Waals surface area contributed by atoms with Gasteiger partial charge in [-0.2, -0.15) is 0 Å². The maximum absolute atomic E-state index is 12.1. The Hall–Kier alpha value is -3.06. The third-order valence-electron chi connectivity index (χ3n) is 3.29. The van der Waals surface area contributed by atoms with E-state index in [1.165, 1.54) is 7.11 Å². The number of ether oxygens (including phenoxy) is 2. The minimum Gasteiger partial charge on any atom is -0.493 e. The number of carbonyl (C=O) groups is 1. The highest BCUT2D eigenvalue weighted by molar-refractivity contribution is 6.30. The molecule has 1 amide bonds. The summed E-state index contributed by atoms with van der Waals surface area (Å²) in [7, 11) is 1.53. The molecule has 0 aliphatic carbocycles. The predicted octanol–water partition coefficient (Wildman–Crippen LogP) is 3.42. The highest BCUT2D eigenvalue weighted by Gasteiger charge is 2.16. The van der Waals surface area contributed by atoms with Crippen molar-refractivity contribution in [3.8, 4) is 22.8 Å². The molecule has 1 heterocycles. The number of methoxy groups -OCH3 is 1. The van der Waals surface area contributed by atoms with Gasteiger partial charge in [0.25, 0.3) is 5.91 Å². The van der Waals surface area contributed by atoms with E-state index in [9.17, 15) is 4.79 Å². The van der Waals surface area contributed by atoms with Crippen molar-refractivity contribution < 1.29 is 18.9 Å². The summed E-state index contributed by atoms with van der Waals surface area (Å²) in [6, 6.07) is 14.0. The highest BCUT2D eigenvalue weighted by atomic mass is 35.5. The van der Waals surface area contributed by atoms with E-state index < -0.39 is 5.91 Å². The number of hydrogen-bond donors (Lipinski definition) is 1. The van der Waals surface area contributed by atoms with Gasteiger partial charge in [0.15, 0.2) is 23.8 Å². The number of carbonyl (C=O) groups excluding carboxylic acids is 1. The lowest BCUT2D eigenvalue weighted by molar-refractivity contribution is -0.118. The fourth-order valence-electron chi connectivity index (χ4n) is 2.12. The summed E-state index contributed by atoms with van der Waals surface area (Å²) < 4.78 is 15.4. The minimum atomic E-state index is -0.406. The Morgan fingerprint density at radius 3 is 2.56 bits per heavy atom. The maximum Gasteiger partial charge on any atom is 0.263 e. The van der Waals surface area contributed by atoms with E-state index in [0.717, 1.165) is 0 Å². The van der Waals surface area contributed by atoms with E-state index in [4.69, 9.17) is 25.7 Å². The topological polar surface area (TPSA) is 86.5 Å². The average Bonchev–Trinajstić information content (AvgIpc) is 3.09. The van der Waals surface area contributed by atoms with E-state index in [1.807, 2.05) is 6.07 Å². The van der Waals surface area contributed by atoms with Crippen LogP contribution in [0.3, 0.4) is 0 Å². The van der Waals surface area contributed by atoms with E-state index >= 15 is 0 Å². The Bertz CT molecular complexity index is 864. The van der Waals surface area contributed by atoms with Crippen LogP contribution in [-0.2, 0) is 4.79 Å². The van der Waals surface area contributed by atoms with Crippen LogP contribution in [0.25, 0.3) is 11.3 Å². The lowest BCUT2D eigenvalue weighted by Gasteiger charge is -2.09. The molecule has 0 saturated carbocycles. The molecule has 7 nitrogen and oxygen atoms in total. The number of hydrogen-bond acceptors (Lipinski definition) is 6. The molecule has 0 radical (unpaired) electrons. The molecule has 2 aromatic carbocycles. The van der Waals surface area contributed by atoms with Gasteiger partial charge in [0.2, 0.25) is 5.82 Å². The molecular formula is C17H14ClN3O4. The van der Waals surface area contributed by atoms with Crippen molar-refractivity contribution in [1.82, 2.24) is 10.3 Å². The van der Waals surface area contributed by atoms with E-state index in [-0.39, 0.29) is 12.4 Å². The van der Waals surface area contributed by atoms with Gasteiger partial charge in [-0.05, 0) is 34.6 Å². The Morgan fingerprint density at radius 2 is 1.84 bits per heavy atom. The van der Waals surface area contributed by atoms with Gasteiger partial charge in [-0.1, -0.05) is 35.9 Å². The van der Waals surface area contributed by atoms with Crippen LogP contribution < -0.4 is 14.8 Å². The van der Waals surface area contributed by atoms with Crippen molar-refractivity contribution in [2.45, 2.75) is 0 Å². The summed E-state index contributed by atoms with van der Waals surface area (Å²) in [4.78, 5) is 12.1. The summed E-state index contributed by atoms with van der Waals surface area (Å²) >= 11 is 5.87. The maximum atomic E-state index is 12.1. The van der Waals surface area contributed by atoms with Crippen molar-refractivity contribution in [2.24, 2.45) is 0 Å². The number of benzene rings is 2. The lowest BCUT2D eigenvalue weighted by Crippen LogP contribution is -2.20. The Kier molecular flexibility index (Phi) is 5.15. The molecule has 0 atom stereocenters. The molecule has 3 rings (SSSR count). The van der Waals surface area contributed by atoms with Crippen LogP contribution in [0.15, 0.2) is 53.2 Å². The van der Waals surface area contributed by atoms with Crippen molar-refractivity contribution in [1.29, 1.82) is 0 Å². The number of nitrogens with one attached hydrogen (secondary N) is 1. The smallest absolute Gasteiger partial charge is 0.263 e. The first-order valence-electron chi connectivity index (χ1n) is 7.31. The van der Waals surface area contributed by atoms with Crippen LogP contribution in [0.2, 0.25) is 5.02 Å². The number of anilines is 1. The Labute approximate surface area is 148 Å². The second-order valence-electron chi connectivity index (χ2n) is 4.96. The van der Waals surface area contributed by atoms with Gasteiger partial charge < -0.3 is 14.8 Å². The SMILES string of the molecule is COc1ccccc1OCC(=O)Nc1nonc1-c1ccc(Cl)cc1. The first kappa shape index (κ1) is 16.8. The molecule has 0 saturated heterocycles. The lowest BCUT2D eigenvalue weighted by atomic mass is 10.1. The van der Waals surface area contributed by atoms with Gasteiger partial charge in [-0.15, -0.1) is 0 Å². The van der Waals surface area contributed by atoms with E-state index in [1.54, 1.807) is 42.5 Å². The number of aromatic nitrogens is 2. The number of nitrogens with zero attached hydrogens (tertiary/aromatic N) is 2. The third-order valence-corrected chi connectivity index (χ3v) is 3.54. The van der Waals surface area contributed by atoms with Gasteiger partial charge in [0.05, 0.1) is 7.11 Å². The highest BCUT2D eigenvalue weighted by Crippen LogP contribution is 2.27. The Balaban J connectivity index is 1.66. The second kappa shape index (κ2) is 7.67. The summed E-state index contributed by atoms with van der Waals surface area (Å²) in [5, 5.41) is 10.7. The summed E-state index contributed by atoms with van der Waals surface area (Å²) in [5.41, 5.74) is 1.12. The summed E-state index contributed by atoms with van der Waals surface area (Å²) in [5.74, 6) is 0.810. The zero-order chi connectivity index (χ0) is 17.6. The van der Waals surface area contributed by atoms with Crippen LogP contribution in [0.5, 0.6) is 11.5 Å². The van der Waals surface area contributed by atoms with Crippen LogP contribution in [0.4, 0.5) is 5.82 Å². The monoisotopic (exact) mass is 359 g/mol. The largest absolute Gasteiger partial charge is 0.493 e. The van der Waals surface area contributed by atoms with Crippen molar-refractivity contribution >= 4 is 23.3 Å². The van der Waals surface area contributed by atoms with Crippen molar-refractivity contribution in [3.63, 3.8) is 0 Å². The van der Waals surface area contributed by atoms with Gasteiger partial charge in [-0.25, -0.2) is 4.63 Å². The van der Waals surface area contributed by atoms with Crippen molar-refractivity contribution in [2.75, 3.05) is 19.0 Å². The fourth-order valence-corrected chi connectivity index (χ4v) is 2.24. The molecule has 8 heteroatoms. The normalized spacial score (nSPS) is 10.3. The van der Waals surface area contributed by atoms with Crippen molar-refractivity contribution in [3.05, 3.63) is 53.6 Å². The summed E-state index contributed by atoms with van der Waals surface area (Å²) in [6.07, 6.45) is 0. The molecule has 25 heavy (non-hydrogen) atoms. The van der Waals surface area contributed by atoms with Gasteiger partial charge in [0.1, 0.15) is 0 Å². The van der Waals surface area contributed by atoms with Crippen LogP contribution >= 0.6 is 11.6 Å². The van der Waals surface area contributed by atoms with E-state index in [2.05, 4.69) is 15.6 Å². The Morgan fingerprint density at radius 1 is 1.12 bits per heavy atom. The van der Waals surface area contributed by atoms with Gasteiger partial charge >= 0.3 is 0 Å².